The Bertz CT molecular complexity index is 1030. The van der Waals surface area contributed by atoms with Crippen molar-refractivity contribution in [3.8, 4) is 5.75 Å². The number of rotatable bonds is 9. The van der Waals surface area contributed by atoms with Gasteiger partial charge in [0.05, 0.1) is 6.20 Å². The van der Waals surface area contributed by atoms with Crippen LogP contribution in [0, 0.1) is 6.92 Å². The highest BCUT2D eigenvalue weighted by Gasteiger charge is 2.21. The van der Waals surface area contributed by atoms with Crippen LogP contribution >= 0.6 is 0 Å². The highest BCUT2D eigenvalue weighted by molar-refractivity contribution is 5.94. The minimum atomic E-state index is -0.469. The lowest BCUT2D eigenvalue weighted by atomic mass is 10.1. The number of likely N-dealkylation sites (tertiary alicyclic amines) is 1. The molecule has 34 heavy (non-hydrogen) atoms. The van der Waals surface area contributed by atoms with E-state index in [-0.39, 0.29) is 12.0 Å². The van der Waals surface area contributed by atoms with Crippen molar-refractivity contribution < 1.29 is 9.53 Å². The van der Waals surface area contributed by atoms with Crippen molar-refractivity contribution in [2.24, 2.45) is 0 Å². The Labute approximate surface area is 202 Å². The Morgan fingerprint density at radius 3 is 2.47 bits per heavy atom. The number of hydrogen-bond acceptors (Lipinski definition) is 5. The third-order valence-electron chi connectivity index (χ3n) is 6.23. The van der Waals surface area contributed by atoms with Gasteiger partial charge in [-0.2, -0.15) is 0 Å². The van der Waals surface area contributed by atoms with Crippen LogP contribution in [0.3, 0.4) is 0 Å². The molecule has 0 spiro atoms. The molecular weight excluding hydrogens is 424 g/mol. The maximum absolute atomic E-state index is 13.2. The number of nitrogens with one attached hydrogen (secondary N) is 2. The van der Waals surface area contributed by atoms with Gasteiger partial charge in [-0.05, 0) is 56.5 Å². The van der Waals surface area contributed by atoms with Gasteiger partial charge in [-0.15, -0.1) is 0 Å². The Morgan fingerprint density at radius 1 is 1.06 bits per heavy atom. The van der Waals surface area contributed by atoms with Gasteiger partial charge in [-0.3, -0.25) is 4.79 Å². The third-order valence-corrected chi connectivity index (χ3v) is 6.23. The van der Waals surface area contributed by atoms with E-state index in [4.69, 9.17) is 4.74 Å². The summed E-state index contributed by atoms with van der Waals surface area (Å²) in [5.74, 6) is 1.12. The summed E-state index contributed by atoms with van der Waals surface area (Å²) in [6.45, 7) is 4.86. The number of hydrogen-bond donors (Lipinski definition) is 2. The fourth-order valence-corrected chi connectivity index (χ4v) is 4.14. The van der Waals surface area contributed by atoms with Crippen LogP contribution < -0.4 is 15.4 Å². The Kier molecular flexibility index (Phi) is 8.28. The molecule has 1 amide bonds. The quantitative estimate of drug-likeness (QED) is 0.498. The van der Waals surface area contributed by atoms with Crippen molar-refractivity contribution in [2.75, 3.05) is 32.0 Å². The molecule has 1 aromatic heterocycles. The second-order valence-corrected chi connectivity index (χ2v) is 9.02. The zero-order valence-electron chi connectivity index (χ0n) is 20.0. The average Bonchev–Trinajstić information content (AvgIpc) is 2.86. The van der Waals surface area contributed by atoms with Gasteiger partial charge in [-0.1, -0.05) is 60.2 Å². The minimum Gasteiger partial charge on any atom is -0.489 e. The number of aryl methyl sites for hydroxylation is 1. The van der Waals surface area contributed by atoms with Crippen molar-refractivity contribution in [3.63, 3.8) is 0 Å². The minimum absolute atomic E-state index is 0.133. The first kappa shape index (κ1) is 23.9. The van der Waals surface area contributed by atoms with Crippen LogP contribution in [0.25, 0.3) is 0 Å². The zero-order valence-corrected chi connectivity index (χ0v) is 20.0. The summed E-state index contributed by atoms with van der Waals surface area (Å²) in [5.41, 5.74) is 3.41. The molecule has 2 heterocycles. The second-order valence-electron chi connectivity index (χ2n) is 9.02. The first-order chi connectivity index (χ1) is 16.6. The van der Waals surface area contributed by atoms with Crippen molar-refractivity contribution in [1.29, 1.82) is 0 Å². The number of carbonyl (C=O) groups is 1. The maximum Gasteiger partial charge on any atom is 0.247 e. The standard InChI is InChI=1S/C28H34N4O2/c1-21-8-10-22(11-9-21)14-17-29-27(23-6-4-3-5-7-23)28(33)31-26-13-12-25(20-30-26)34-24-15-18-32(2)19-16-24/h3-13,20,24,27,29H,14-19H2,1-2H3,(H,30,31,33)/t27-/m0/s1. The molecule has 1 aliphatic heterocycles. The molecule has 6 nitrogen and oxygen atoms in total. The van der Waals surface area contributed by atoms with Gasteiger partial charge in [0.25, 0.3) is 0 Å². The van der Waals surface area contributed by atoms with Crippen molar-refractivity contribution in [3.05, 3.63) is 89.6 Å². The number of nitrogens with zero attached hydrogens (tertiary/aromatic N) is 2. The van der Waals surface area contributed by atoms with E-state index in [1.807, 2.05) is 36.4 Å². The van der Waals surface area contributed by atoms with Crippen LogP contribution in [-0.4, -0.2) is 48.6 Å². The van der Waals surface area contributed by atoms with Gasteiger partial charge in [0.1, 0.15) is 23.7 Å². The fourth-order valence-electron chi connectivity index (χ4n) is 4.14. The lowest BCUT2D eigenvalue weighted by molar-refractivity contribution is -0.118. The molecule has 0 aliphatic carbocycles. The van der Waals surface area contributed by atoms with Gasteiger partial charge in [0.2, 0.25) is 5.91 Å². The molecule has 4 rings (SSSR count). The topological polar surface area (TPSA) is 66.5 Å². The molecule has 1 fully saturated rings. The van der Waals surface area contributed by atoms with Crippen LogP contribution in [0.2, 0.25) is 0 Å². The van der Waals surface area contributed by atoms with Crippen molar-refractivity contribution >= 4 is 11.7 Å². The average molecular weight is 459 g/mol. The predicted octanol–water partition coefficient (Wildman–Crippen LogP) is 4.38. The zero-order chi connectivity index (χ0) is 23.8. The van der Waals surface area contributed by atoms with E-state index in [2.05, 4.69) is 58.8 Å². The molecule has 6 heteroatoms. The van der Waals surface area contributed by atoms with E-state index >= 15 is 0 Å². The number of carbonyl (C=O) groups excluding carboxylic acids is 1. The lowest BCUT2D eigenvalue weighted by Gasteiger charge is -2.29. The van der Waals surface area contributed by atoms with E-state index < -0.39 is 6.04 Å². The summed E-state index contributed by atoms with van der Waals surface area (Å²) in [5, 5.41) is 6.38. The molecule has 0 bridgehead atoms. The summed E-state index contributed by atoms with van der Waals surface area (Å²) in [7, 11) is 2.13. The summed E-state index contributed by atoms with van der Waals surface area (Å²) >= 11 is 0. The predicted molar refractivity (Wildman–Crippen MR) is 136 cm³/mol. The summed E-state index contributed by atoms with van der Waals surface area (Å²) < 4.78 is 6.07. The van der Waals surface area contributed by atoms with Crippen molar-refractivity contribution in [1.82, 2.24) is 15.2 Å². The number of pyridine rings is 1. The Balaban J connectivity index is 1.35. The number of piperidine rings is 1. The van der Waals surface area contributed by atoms with Crippen molar-refractivity contribution in [2.45, 2.75) is 38.3 Å². The van der Waals surface area contributed by atoms with E-state index in [0.717, 1.165) is 43.7 Å². The summed E-state index contributed by atoms with van der Waals surface area (Å²) in [6, 6.07) is 21.5. The normalized spacial score (nSPS) is 15.6. The molecule has 178 valence electrons. The highest BCUT2D eigenvalue weighted by atomic mass is 16.5. The number of aromatic nitrogens is 1. The highest BCUT2D eigenvalue weighted by Crippen LogP contribution is 2.20. The monoisotopic (exact) mass is 458 g/mol. The molecule has 2 N–H and O–H groups in total. The van der Waals surface area contributed by atoms with E-state index in [9.17, 15) is 4.79 Å². The largest absolute Gasteiger partial charge is 0.489 e. The summed E-state index contributed by atoms with van der Waals surface area (Å²) in [6.07, 6.45) is 4.79. The molecule has 0 radical (unpaired) electrons. The molecule has 3 aromatic rings. The Morgan fingerprint density at radius 2 is 1.79 bits per heavy atom. The van der Waals surface area contributed by atoms with Gasteiger partial charge in [0, 0.05) is 19.6 Å². The van der Waals surface area contributed by atoms with Crippen LogP contribution in [-0.2, 0) is 11.2 Å². The molecule has 1 atom stereocenters. The van der Waals surface area contributed by atoms with Crippen LogP contribution in [0.15, 0.2) is 72.9 Å². The second kappa shape index (κ2) is 11.8. The number of anilines is 1. The van der Waals surface area contributed by atoms with E-state index in [1.54, 1.807) is 12.3 Å². The molecular formula is C28H34N4O2. The van der Waals surface area contributed by atoms with Gasteiger partial charge >= 0.3 is 0 Å². The Hall–Kier alpha value is -3.22. The first-order valence-electron chi connectivity index (χ1n) is 12.0. The number of amides is 1. The van der Waals surface area contributed by atoms with E-state index in [0.29, 0.717) is 12.4 Å². The number of benzene rings is 2. The fraction of sp³-hybridized carbons (Fsp3) is 0.357. The van der Waals surface area contributed by atoms with Crippen LogP contribution in [0.5, 0.6) is 5.75 Å². The van der Waals surface area contributed by atoms with Gasteiger partial charge in [0.15, 0.2) is 0 Å². The van der Waals surface area contributed by atoms with Gasteiger partial charge < -0.3 is 20.3 Å². The molecule has 2 aromatic carbocycles. The third kappa shape index (κ3) is 6.89. The van der Waals surface area contributed by atoms with Crippen LogP contribution in [0.4, 0.5) is 5.82 Å². The molecule has 0 unspecified atom stereocenters. The molecule has 0 saturated carbocycles. The van der Waals surface area contributed by atoms with Gasteiger partial charge in [-0.25, -0.2) is 4.98 Å². The first-order valence-corrected chi connectivity index (χ1v) is 12.0. The summed E-state index contributed by atoms with van der Waals surface area (Å²) in [4.78, 5) is 19.9. The SMILES string of the molecule is Cc1ccc(CCN[C@H](C(=O)Nc2ccc(OC3CCN(C)CC3)cn2)c2ccccc2)cc1. The number of ether oxygens (including phenoxy) is 1. The van der Waals surface area contributed by atoms with E-state index in [1.165, 1.54) is 11.1 Å². The molecule has 1 aliphatic rings. The maximum atomic E-state index is 13.2. The van der Waals surface area contributed by atoms with Crippen LogP contribution in [0.1, 0.15) is 35.6 Å². The lowest BCUT2D eigenvalue weighted by Crippen LogP contribution is -2.35. The molecule has 1 saturated heterocycles. The smallest absolute Gasteiger partial charge is 0.247 e.